The molecule has 0 saturated heterocycles. The van der Waals surface area contributed by atoms with E-state index in [0.717, 1.165) is 16.3 Å². The van der Waals surface area contributed by atoms with Crippen molar-refractivity contribution in [3.8, 4) is 11.5 Å². The molecule has 0 aliphatic rings. The Morgan fingerprint density at radius 2 is 1.74 bits per heavy atom. The van der Waals surface area contributed by atoms with E-state index in [1.165, 1.54) is 17.6 Å². The van der Waals surface area contributed by atoms with E-state index in [4.69, 9.17) is 9.47 Å². The molecule has 0 bridgehead atoms. The number of hydrogen-bond acceptors (Lipinski definition) is 6. The summed E-state index contributed by atoms with van der Waals surface area (Å²) in [6.45, 7) is -0.150. The molecule has 0 spiro atoms. The number of fused-ring (bicyclic) bond motifs is 1. The van der Waals surface area contributed by atoms with Gasteiger partial charge in [-0.05, 0) is 52.7 Å². The van der Waals surface area contributed by atoms with Gasteiger partial charge >= 0.3 is 5.97 Å². The van der Waals surface area contributed by atoms with Crippen molar-refractivity contribution in [2.24, 2.45) is 5.10 Å². The molecule has 1 aromatic heterocycles. The Morgan fingerprint density at radius 3 is 2.55 bits per heavy atom. The van der Waals surface area contributed by atoms with Crippen LogP contribution in [0.1, 0.15) is 15.2 Å². The summed E-state index contributed by atoms with van der Waals surface area (Å²) < 4.78 is 10.9. The fourth-order valence-electron chi connectivity index (χ4n) is 2.85. The Kier molecular flexibility index (Phi) is 6.35. The highest BCUT2D eigenvalue weighted by Gasteiger charge is 2.09. The summed E-state index contributed by atoms with van der Waals surface area (Å²) >= 11 is 1.32. The molecule has 154 valence electrons. The van der Waals surface area contributed by atoms with E-state index < -0.39 is 5.97 Å². The fourth-order valence-corrected chi connectivity index (χ4v) is 3.45. The van der Waals surface area contributed by atoms with Crippen molar-refractivity contribution in [2.45, 2.75) is 0 Å². The zero-order valence-electron chi connectivity index (χ0n) is 16.4. The topological polar surface area (TPSA) is 77.0 Å². The maximum absolute atomic E-state index is 12.0. The number of thiophene rings is 1. The molecule has 1 amide bonds. The fraction of sp³-hybridized carbons (Fsp3) is 0.0417. The molecule has 1 heterocycles. The molecular formula is C24H18N2O4S. The highest BCUT2D eigenvalue weighted by Crippen LogP contribution is 2.25. The Morgan fingerprint density at radius 1 is 0.935 bits per heavy atom. The lowest BCUT2D eigenvalue weighted by atomic mass is 10.1. The molecule has 0 aliphatic carbocycles. The molecule has 7 heteroatoms. The number of esters is 1. The molecular weight excluding hydrogens is 412 g/mol. The van der Waals surface area contributed by atoms with Crippen molar-refractivity contribution in [3.05, 3.63) is 94.7 Å². The summed E-state index contributed by atoms with van der Waals surface area (Å²) in [5.41, 5.74) is 3.18. The smallest absolute Gasteiger partial charge is 0.353 e. The number of benzene rings is 3. The highest BCUT2D eigenvalue weighted by molar-refractivity contribution is 7.12. The number of carbonyl (C=O) groups is 2. The van der Waals surface area contributed by atoms with Crippen molar-refractivity contribution in [1.82, 2.24) is 5.43 Å². The van der Waals surface area contributed by atoms with Gasteiger partial charge in [-0.3, -0.25) is 4.79 Å². The van der Waals surface area contributed by atoms with E-state index in [9.17, 15) is 9.59 Å². The number of rotatable bonds is 7. The van der Waals surface area contributed by atoms with Crippen LogP contribution in [0.5, 0.6) is 11.5 Å². The number of nitrogens with zero attached hydrogens (tertiary/aromatic N) is 1. The minimum Gasteiger partial charge on any atom is -0.483 e. The van der Waals surface area contributed by atoms with E-state index in [-0.39, 0.29) is 12.5 Å². The van der Waals surface area contributed by atoms with Crippen molar-refractivity contribution >= 4 is 40.2 Å². The molecule has 0 fully saturated rings. The zero-order chi connectivity index (χ0) is 21.5. The predicted octanol–water partition coefficient (Wildman–Crippen LogP) is 4.65. The lowest BCUT2D eigenvalue weighted by Crippen LogP contribution is -2.24. The van der Waals surface area contributed by atoms with Gasteiger partial charge in [0.1, 0.15) is 16.4 Å². The van der Waals surface area contributed by atoms with Crippen LogP contribution < -0.4 is 14.9 Å². The van der Waals surface area contributed by atoms with Gasteiger partial charge < -0.3 is 9.47 Å². The molecule has 0 aliphatic heterocycles. The second kappa shape index (κ2) is 9.69. The zero-order valence-corrected chi connectivity index (χ0v) is 17.2. The summed E-state index contributed by atoms with van der Waals surface area (Å²) in [4.78, 5) is 24.5. The van der Waals surface area contributed by atoms with Crippen molar-refractivity contribution in [3.63, 3.8) is 0 Å². The van der Waals surface area contributed by atoms with Crippen LogP contribution >= 0.6 is 11.3 Å². The highest BCUT2D eigenvalue weighted by atomic mass is 32.1. The van der Waals surface area contributed by atoms with E-state index in [2.05, 4.69) is 10.5 Å². The van der Waals surface area contributed by atoms with E-state index >= 15 is 0 Å². The quantitative estimate of drug-likeness (QED) is 0.200. The van der Waals surface area contributed by atoms with Crippen LogP contribution in [0.25, 0.3) is 10.8 Å². The Bertz CT molecular complexity index is 1210. The van der Waals surface area contributed by atoms with Crippen LogP contribution in [0.2, 0.25) is 0 Å². The standard InChI is InChI=1S/C24H18N2O4S/c27-23(16-29-21-8-3-6-18-5-1-2-7-20(18)21)26-25-15-17-10-12-19(13-11-17)30-24(28)22-9-4-14-31-22/h1-15H,16H2,(H,26,27)/b25-15+. The summed E-state index contributed by atoms with van der Waals surface area (Å²) in [7, 11) is 0. The van der Waals surface area contributed by atoms with Gasteiger partial charge in [0.2, 0.25) is 0 Å². The van der Waals surface area contributed by atoms with Gasteiger partial charge in [0.25, 0.3) is 5.91 Å². The minimum atomic E-state index is -0.394. The van der Waals surface area contributed by atoms with Crippen LogP contribution in [0.4, 0.5) is 0 Å². The summed E-state index contributed by atoms with van der Waals surface area (Å²) in [5.74, 6) is 0.313. The van der Waals surface area contributed by atoms with Gasteiger partial charge in [0, 0.05) is 5.39 Å². The number of nitrogens with one attached hydrogen (secondary N) is 1. The Balaban J connectivity index is 1.27. The Hall–Kier alpha value is -3.97. The van der Waals surface area contributed by atoms with Crippen LogP contribution in [-0.2, 0) is 4.79 Å². The normalized spacial score (nSPS) is 10.8. The van der Waals surface area contributed by atoms with Crippen molar-refractivity contribution in [2.75, 3.05) is 6.61 Å². The third-order valence-corrected chi connectivity index (χ3v) is 5.17. The molecule has 4 rings (SSSR count). The van der Waals surface area contributed by atoms with Gasteiger partial charge in [0.15, 0.2) is 6.61 Å². The van der Waals surface area contributed by atoms with Crippen LogP contribution in [0, 0.1) is 0 Å². The summed E-state index contributed by atoms with van der Waals surface area (Å²) in [6.07, 6.45) is 1.50. The lowest BCUT2D eigenvalue weighted by molar-refractivity contribution is -0.123. The molecule has 6 nitrogen and oxygen atoms in total. The number of carbonyl (C=O) groups excluding carboxylic acids is 2. The average Bonchev–Trinajstić information content (AvgIpc) is 3.34. The molecule has 0 saturated carbocycles. The van der Waals surface area contributed by atoms with E-state index in [1.54, 1.807) is 36.4 Å². The van der Waals surface area contributed by atoms with Gasteiger partial charge in [0.05, 0.1) is 6.21 Å². The molecule has 0 radical (unpaired) electrons. The first-order valence-electron chi connectivity index (χ1n) is 9.47. The molecule has 31 heavy (non-hydrogen) atoms. The minimum absolute atomic E-state index is 0.150. The molecule has 1 N–H and O–H groups in total. The molecule has 0 atom stereocenters. The van der Waals surface area contributed by atoms with E-state index in [0.29, 0.717) is 16.4 Å². The number of amides is 1. The Labute approximate surface area is 182 Å². The third-order valence-electron chi connectivity index (χ3n) is 4.32. The van der Waals surface area contributed by atoms with E-state index in [1.807, 2.05) is 47.8 Å². The van der Waals surface area contributed by atoms with Crippen LogP contribution in [0.15, 0.2) is 89.3 Å². The molecule has 4 aromatic rings. The van der Waals surface area contributed by atoms with Gasteiger partial charge in [-0.25, -0.2) is 10.2 Å². The number of hydrazone groups is 1. The number of ether oxygens (including phenoxy) is 2. The van der Waals surface area contributed by atoms with Crippen molar-refractivity contribution < 1.29 is 19.1 Å². The molecule has 0 unspecified atom stereocenters. The largest absolute Gasteiger partial charge is 0.483 e. The summed E-state index contributed by atoms with van der Waals surface area (Å²) in [6, 6.07) is 23.8. The maximum Gasteiger partial charge on any atom is 0.353 e. The van der Waals surface area contributed by atoms with Crippen molar-refractivity contribution in [1.29, 1.82) is 0 Å². The van der Waals surface area contributed by atoms with Gasteiger partial charge in [-0.2, -0.15) is 5.10 Å². The first kappa shape index (κ1) is 20.3. The lowest BCUT2D eigenvalue weighted by Gasteiger charge is -2.08. The van der Waals surface area contributed by atoms with Crippen LogP contribution in [0.3, 0.4) is 0 Å². The summed E-state index contributed by atoms with van der Waals surface area (Å²) in [5, 5.41) is 7.74. The van der Waals surface area contributed by atoms with Crippen LogP contribution in [-0.4, -0.2) is 24.7 Å². The van der Waals surface area contributed by atoms with Gasteiger partial charge in [-0.15, -0.1) is 11.3 Å². The average molecular weight is 430 g/mol. The van der Waals surface area contributed by atoms with Gasteiger partial charge in [-0.1, -0.05) is 42.5 Å². The molecule has 3 aromatic carbocycles. The monoisotopic (exact) mass is 430 g/mol. The second-order valence-electron chi connectivity index (χ2n) is 6.49. The SMILES string of the molecule is O=C(COc1cccc2ccccc12)N/N=C/c1ccc(OC(=O)c2cccs2)cc1. The first-order chi connectivity index (χ1) is 15.2. The second-order valence-corrected chi connectivity index (χ2v) is 7.44. The predicted molar refractivity (Wildman–Crippen MR) is 121 cm³/mol. The third kappa shape index (κ3) is 5.34. The number of hydrogen-bond donors (Lipinski definition) is 1. The first-order valence-corrected chi connectivity index (χ1v) is 10.4. The maximum atomic E-state index is 12.0.